The molecule has 0 aliphatic rings. The Morgan fingerprint density at radius 2 is 0.778 bits per heavy atom. The largest absolute Gasteiger partial charge is 0.481 e. The molecule has 99 heavy (non-hydrogen) atoms. The van der Waals surface area contributed by atoms with Crippen molar-refractivity contribution in [1.82, 2.24) is 58.5 Å². The minimum Gasteiger partial charge on any atom is -0.481 e. The fraction of sp³-hybridized carbons (Fsp3) is 0.836. The predicted molar refractivity (Wildman–Crippen MR) is 358 cm³/mol. The van der Waals surface area contributed by atoms with Gasteiger partial charge in [0.25, 0.3) is 11.8 Å². The van der Waals surface area contributed by atoms with Crippen LogP contribution < -0.4 is 70.0 Å². The number of nitrogens with one attached hydrogen (secondary N) is 11. The lowest BCUT2D eigenvalue weighted by Gasteiger charge is -2.30. The Balaban J connectivity index is -0.00000181. The van der Waals surface area contributed by atoms with Crippen molar-refractivity contribution in [3.05, 3.63) is 0 Å². The van der Waals surface area contributed by atoms with E-state index in [-0.39, 0.29) is 112 Å². The molecule has 0 bridgehead atoms. The van der Waals surface area contributed by atoms with Gasteiger partial charge in [-0.2, -0.15) is 0 Å². The van der Waals surface area contributed by atoms with E-state index in [1.807, 2.05) is 0 Å². The molecule has 0 saturated heterocycles. The molecule has 8 amide bonds. The van der Waals surface area contributed by atoms with Crippen molar-refractivity contribution in [2.75, 3.05) is 172 Å². The van der Waals surface area contributed by atoms with Gasteiger partial charge in [-0.25, -0.2) is 0 Å². The zero-order valence-corrected chi connectivity index (χ0v) is 58.5. The van der Waals surface area contributed by atoms with Gasteiger partial charge in [0.05, 0.1) is 39.6 Å². The lowest BCUT2D eigenvalue weighted by atomic mass is 9.73. The number of carboxylic acids is 1. The van der Waals surface area contributed by atoms with E-state index in [4.69, 9.17) is 50.8 Å². The normalized spacial score (nSPS) is 14.6. The summed E-state index contributed by atoms with van der Waals surface area (Å²) in [6.07, 6.45) is -13.9. The van der Waals surface area contributed by atoms with Crippen LogP contribution in [0.4, 0.5) is 0 Å². The number of amides is 8. The third-order valence-electron chi connectivity index (χ3n) is 14.3. The highest BCUT2D eigenvalue weighted by Gasteiger charge is 2.38. The van der Waals surface area contributed by atoms with Crippen LogP contribution in [0.1, 0.15) is 85.5 Å². The van der Waals surface area contributed by atoms with Gasteiger partial charge >= 0.3 is 5.97 Å². The van der Waals surface area contributed by atoms with Crippen LogP contribution in [0.2, 0.25) is 0 Å². The van der Waals surface area contributed by atoms with Gasteiger partial charge in [0.15, 0.2) is 12.2 Å². The van der Waals surface area contributed by atoms with E-state index in [9.17, 15) is 83.7 Å². The maximum Gasteiger partial charge on any atom is 0.303 e. The number of aliphatic carboxylic acids is 1. The first-order valence-electron chi connectivity index (χ1n) is 33.2. The summed E-state index contributed by atoms with van der Waals surface area (Å²) in [7, 11) is 3.19. The number of rotatable bonds is 59. The first-order valence-corrected chi connectivity index (χ1v) is 33.2. The molecule has 38 nitrogen and oxygen atoms in total. The summed E-state index contributed by atoms with van der Waals surface area (Å²) < 4.78 is 20.5. The van der Waals surface area contributed by atoms with Gasteiger partial charge < -0.3 is 145 Å². The molecule has 11 atom stereocenters. The average molecular weight is 1440 g/mol. The van der Waals surface area contributed by atoms with Gasteiger partial charge in [0.1, 0.15) is 48.3 Å². The van der Waals surface area contributed by atoms with E-state index < -0.39 is 103 Å². The number of carbonyl (C=O) groups is 10. The van der Waals surface area contributed by atoms with Crippen LogP contribution >= 0.6 is 0 Å². The number of Topliss-reactive ketones (excluding diaryl/α,β-unsaturated/α-hetero) is 1. The molecular formula is C61H121N13O25. The van der Waals surface area contributed by atoms with Crippen molar-refractivity contribution >= 4 is 59.0 Å². The zero-order chi connectivity index (χ0) is 75.6. The molecular weight excluding hydrogens is 1310 g/mol. The Morgan fingerprint density at radius 1 is 0.414 bits per heavy atom. The van der Waals surface area contributed by atoms with Crippen LogP contribution in [0.25, 0.3) is 0 Å². The molecule has 26 N–H and O–H groups in total. The van der Waals surface area contributed by atoms with E-state index in [2.05, 4.69) is 58.5 Å². The Labute approximate surface area is 579 Å². The van der Waals surface area contributed by atoms with E-state index in [1.54, 1.807) is 41.9 Å². The van der Waals surface area contributed by atoms with Crippen molar-refractivity contribution in [3.63, 3.8) is 0 Å². The molecule has 0 aromatic heterocycles. The highest BCUT2D eigenvalue weighted by Crippen LogP contribution is 2.32. The van der Waals surface area contributed by atoms with Crippen LogP contribution in [0.5, 0.6) is 0 Å². The predicted octanol–water partition coefficient (Wildman–Crippen LogP) is -10.1. The minimum absolute atomic E-state index is 0.0114. The summed E-state index contributed by atoms with van der Waals surface area (Å²) >= 11 is 0. The second-order valence-electron chi connectivity index (χ2n) is 23.4. The smallest absolute Gasteiger partial charge is 0.303 e. The molecule has 0 saturated carbocycles. The molecule has 0 aliphatic heterocycles. The molecule has 38 heteroatoms. The Bertz CT molecular complexity index is 2200. The molecule has 0 radical (unpaired) electrons. The third kappa shape index (κ3) is 51.0. The van der Waals surface area contributed by atoms with Gasteiger partial charge in [-0.15, -0.1) is 0 Å². The zero-order valence-electron chi connectivity index (χ0n) is 58.5. The third-order valence-corrected chi connectivity index (χ3v) is 14.3. The van der Waals surface area contributed by atoms with Gasteiger partial charge in [-0.3, -0.25) is 47.9 Å². The Kier molecular flexibility index (Phi) is 60.9. The minimum atomic E-state index is -2.06. The van der Waals surface area contributed by atoms with E-state index >= 15 is 0 Å². The van der Waals surface area contributed by atoms with Crippen molar-refractivity contribution in [2.24, 2.45) is 34.6 Å². The van der Waals surface area contributed by atoms with E-state index in [0.717, 1.165) is 0 Å². The number of nitrogens with two attached hydrogens (primary N) is 2. The molecule has 0 aromatic carbocycles. The van der Waals surface area contributed by atoms with Crippen LogP contribution in [0.3, 0.4) is 0 Å². The summed E-state index contributed by atoms with van der Waals surface area (Å²) in [6, 6.07) is 0. The second-order valence-corrected chi connectivity index (χ2v) is 23.4. The van der Waals surface area contributed by atoms with Crippen LogP contribution in [0.15, 0.2) is 0 Å². The Morgan fingerprint density at radius 3 is 1.19 bits per heavy atom. The molecule has 0 rings (SSSR count). The van der Waals surface area contributed by atoms with Crippen molar-refractivity contribution in [3.8, 4) is 0 Å². The van der Waals surface area contributed by atoms with Crippen LogP contribution in [0, 0.1) is 23.2 Å². The highest BCUT2D eigenvalue weighted by atomic mass is 16.5. The number of ether oxygens (including phenoxy) is 4. The van der Waals surface area contributed by atoms with Crippen LogP contribution in [-0.2, 0) is 66.9 Å². The Hall–Kier alpha value is -5.86. The summed E-state index contributed by atoms with van der Waals surface area (Å²) in [5.41, 5.74) is 9.76. The number of carboxylic acid groups (broad SMARTS) is 1. The maximum absolute atomic E-state index is 13.5. The summed E-state index contributed by atoms with van der Waals surface area (Å²) in [5, 5.41) is 132. The maximum atomic E-state index is 13.5. The van der Waals surface area contributed by atoms with E-state index in [0.29, 0.717) is 131 Å². The van der Waals surface area contributed by atoms with Crippen molar-refractivity contribution < 1.29 is 123 Å². The molecule has 0 spiro atoms. The standard InChI is InChI=1S/C37H72N8O13.C14H30N4O4.C10H19NO8/c1-25(21-29(49)42-16-12-39-11-8-38)34(54)37(2,3)23-26(35(55)44-10-6-18-58-20-19-57-4)22-30(50)43-17-14-40-13-15-41-28(48)7-5-9-45-36(56)33(53)32(52)31(51)27(47)24-46;1-12(14(20)18-8-7-16-6-4-15)13(19)17-5-3-9-22-11-10-21-2;12-4-5(13)7(16)8(17)9(18)10(19)11-3-1-2-6(14)15/h25-27,31-33,39-40,46-47,51-53H,5-24,38H2,1-4H3,(H,41,48)(H,42,49)(H,43,50)(H,44,55)(H,45,56);12,16H,3-11,15H2,1-2H3,(H,17,19)(H,18,20);5,7-9,12-13,16-18H,1-4H2,(H,11,19)(H,14,15)/t25?,26?,27-,31-,32+,33-;;5-,7-,8+,9-/m1.1/s1. The lowest BCUT2D eigenvalue weighted by Crippen LogP contribution is -2.51. The number of ketones is 1. The summed E-state index contributed by atoms with van der Waals surface area (Å²) in [5.74, 6) is -7.27. The summed E-state index contributed by atoms with van der Waals surface area (Å²) in [6.45, 7) is 14.3. The number of methoxy groups -OCH3 is 2. The average Bonchev–Trinajstić information content (AvgIpc) is 0.875. The van der Waals surface area contributed by atoms with Gasteiger partial charge in [-0.05, 0) is 39.0 Å². The van der Waals surface area contributed by atoms with E-state index in [1.165, 1.54) is 0 Å². The first kappa shape index (κ1) is 97.3. The molecule has 0 heterocycles. The lowest BCUT2D eigenvalue weighted by molar-refractivity contribution is -0.149. The highest BCUT2D eigenvalue weighted by molar-refractivity contribution is 5.99. The monoisotopic (exact) mass is 1440 g/mol. The summed E-state index contributed by atoms with van der Waals surface area (Å²) in [4.78, 5) is 121. The number of aliphatic hydroxyl groups excluding tert-OH is 10. The molecule has 0 aliphatic carbocycles. The second kappa shape index (κ2) is 62.0. The number of carbonyl (C=O) groups excluding carboxylic acids is 9. The van der Waals surface area contributed by atoms with Gasteiger partial charge in [0, 0.05) is 175 Å². The number of hydrogen-bond acceptors (Lipinski definition) is 29. The fourth-order valence-corrected chi connectivity index (χ4v) is 8.50. The molecule has 580 valence electrons. The molecule has 3 unspecified atom stereocenters. The molecule has 0 aromatic rings. The van der Waals surface area contributed by atoms with Crippen LogP contribution in [-0.4, -0.2) is 336 Å². The molecule has 0 fully saturated rings. The van der Waals surface area contributed by atoms with Gasteiger partial charge in [0.2, 0.25) is 35.4 Å². The quantitative estimate of drug-likeness (QED) is 0.0199. The van der Waals surface area contributed by atoms with Crippen molar-refractivity contribution in [2.45, 2.75) is 134 Å². The fourth-order valence-electron chi connectivity index (χ4n) is 8.50. The van der Waals surface area contributed by atoms with Crippen molar-refractivity contribution in [1.29, 1.82) is 0 Å². The SMILES string of the molecule is COCCOCCCNC(=O)C(C)C(=O)NCCNCCN.COCCOCCCNC(=O)C(CC(=O)NCCNCCNC(=O)CCCNC(=O)[C@H](O)[C@@H](O)[C@H](O)[C@H](O)CO)CC(C)(C)C(=O)C(C)CC(=O)NCCNCCN.O=C(O)CCCNC(=O)[C@H](O)[C@@H](O)[C@H](O)[C@H](O)CO. The number of hydrogen-bond donors (Lipinski definition) is 24. The number of aliphatic hydroxyl groups is 10. The first-order chi connectivity index (χ1) is 46.9. The van der Waals surface area contributed by atoms with Gasteiger partial charge in [-0.1, -0.05) is 20.8 Å². The topological polar surface area (TPSA) is 615 Å².